The molecular weight excluding hydrogens is 434 g/mol. The zero-order chi connectivity index (χ0) is 23.5. The number of ketones is 1. The first-order valence-electron chi connectivity index (χ1n) is 11.0. The molecule has 1 unspecified atom stereocenters. The van der Waals surface area contributed by atoms with Gasteiger partial charge in [0.15, 0.2) is 22.9 Å². The molecule has 172 valence electrons. The Morgan fingerprint density at radius 2 is 1.79 bits per heavy atom. The maximum Gasteiger partial charge on any atom is 0.264 e. The number of benzene rings is 3. The zero-order valence-corrected chi connectivity index (χ0v) is 18.3. The van der Waals surface area contributed by atoms with Crippen LogP contribution < -0.4 is 19.1 Å². The normalized spacial score (nSPS) is 18.4. The number of hydrogen-bond acceptors (Lipinski definition) is 6. The molecule has 34 heavy (non-hydrogen) atoms. The van der Waals surface area contributed by atoms with Crippen LogP contribution in [0.1, 0.15) is 17.5 Å². The lowest BCUT2D eigenvalue weighted by Crippen LogP contribution is -2.43. The van der Waals surface area contributed by atoms with Crippen molar-refractivity contribution in [3.8, 4) is 17.2 Å². The quantitative estimate of drug-likeness (QED) is 0.519. The summed E-state index contributed by atoms with van der Waals surface area (Å²) in [6.45, 7) is 0.662. The molecule has 1 atom stereocenters. The fourth-order valence-corrected chi connectivity index (χ4v) is 4.19. The lowest BCUT2D eigenvalue weighted by Gasteiger charge is -2.22. The molecule has 0 spiro atoms. The summed E-state index contributed by atoms with van der Waals surface area (Å²) in [6, 6.07) is 21.6. The minimum atomic E-state index is -1.93. The van der Waals surface area contributed by atoms with Crippen LogP contribution in [0.25, 0.3) is 6.08 Å². The monoisotopic (exact) mass is 457 g/mol. The van der Waals surface area contributed by atoms with Crippen molar-refractivity contribution in [1.29, 1.82) is 0 Å². The van der Waals surface area contributed by atoms with Crippen LogP contribution in [-0.4, -0.2) is 36.7 Å². The number of rotatable bonds is 8. The summed E-state index contributed by atoms with van der Waals surface area (Å²) >= 11 is 0. The number of anilines is 1. The van der Waals surface area contributed by atoms with Gasteiger partial charge in [-0.1, -0.05) is 48.5 Å². The van der Waals surface area contributed by atoms with Crippen molar-refractivity contribution in [3.05, 3.63) is 90.0 Å². The predicted molar refractivity (Wildman–Crippen MR) is 126 cm³/mol. The minimum absolute atomic E-state index is 0.170. The first kappa shape index (κ1) is 21.7. The van der Waals surface area contributed by atoms with Crippen LogP contribution in [0.5, 0.6) is 17.2 Å². The van der Waals surface area contributed by atoms with Crippen LogP contribution >= 0.6 is 0 Å². The lowest BCUT2D eigenvalue weighted by atomic mass is 9.89. The van der Waals surface area contributed by atoms with Gasteiger partial charge in [0.1, 0.15) is 12.4 Å². The van der Waals surface area contributed by atoms with E-state index in [-0.39, 0.29) is 32.1 Å². The molecule has 0 bridgehead atoms. The van der Waals surface area contributed by atoms with Crippen LogP contribution in [0.2, 0.25) is 0 Å². The van der Waals surface area contributed by atoms with Crippen molar-refractivity contribution in [3.63, 3.8) is 0 Å². The van der Waals surface area contributed by atoms with Gasteiger partial charge in [-0.2, -0.15) is 0 Å². The van der Waals surface area contributed by atoms with Gasteiger partial charge >= 0.3 is 0 Å². The number of aliphatic hydroxyl groups is 1. The van der Waals surface area contributed by atoms with Crippen LogP contribution in [0.4, 0.5) is 5.69 Å². The molecule has 3 aromatic carbocycles. The molecule has 0 aromatic heterocycles. The Bertz CT molecular complexity index is 1250. The van der Waals surface area contributed by atoms with Gasteiger partial charge in [0.25, 0.3) is 5.91 Å². The van der Waals surface area contributed by atoms with Crippen LogP contribution in [0.15, 0.2) is 78.9 Å². The molecule has 5 rings (SSSR count). The second-order valence-electron chi connectivity index (χ2n) is 8.08. The average molecular weight is 457 g/mol. The van der Waals surface area contributed by atoms with Gasteiger partial charge in [-0.25, -0.2) is 0 Å². The number of hydrogen-bond donors (Lipinski definition) is 1. The van der Waals surface area contributed by atoms with E-state index in [4.69, 9.17) is 14.2 Å². The molecule has 2 aliphatic rings. The molecular formula is C27H23NO6. The van der Waals surface area contributed by atoms with Gasteiger partial charge in [-0.05, 0) is 42.0 Å². The molecule has 0 saturated carbocycles. The lowest BCUT2D eigenvalue weighted by molar-refractivity contribution is -0.140. The first-order chi connectivity index (χ1) is 16.5. The van der Waals surface area contributed by atoms with E-state index < -0.39 is 11.5 Å². The number of carbonyl (C=O) groups is 2. The zero-order valence-electron chi connectivity index (χ0n) is 18.3. The van der Waals surface area contributed by atoms with E-state index in [0.29, 0.717) is 28.5 Å². The molecule has 3 aromatic rings. The topological polar surface area (TPSA) is 85.3 Å². The Labute approximate surface area is 196 Å². The molecule has 1 amide bonds. The summed E-state index contributed by atoms with van der Waals surface area (Å²) in [4.78, 5) is 27.5. The van der Waals surface area contributed by atoms with Gasteiger partial charge in [0.2, 0.25) is 6.79 Å². The van der Waals surface area contributed by atoms with Crippen molar-refractivity contribution >= 4 is 23.5 Å². The van der Waals surface area contributed by atoms with Crippen LogP contribution in [0, 0.1) is 0 Å². The minimum Gasteiger partial charge on any atom is -0.492 e. The van der Waals surface area contributed by atoms with Gasteiger partial charge in [0.05, 0.1) is 18.7 Å². The van der Waals surface area contributed by atoms with E-state index in [1.807, 2.05) is 30.3 Å². The van der Waals surface area contributed by atoms with Gasteiger partial charge < -0.3 is 24.2 Å². The maximum atomic E-state index is 13.3. The number of para-hydroxylation sites is 2. The molecule has 7 heteroatoms. The third-order valence-electron chi connectivity index (χ3n) is 5.85. The van der Waals surface area contributed by atoms with Gasteiger partial charge in [-0.3, -0.25) is 9.59 Å². The SMILES string of the molecule is O=C(/C=C/c1ccc2c(c1)OCO2)CC1(O)C(=O)N(CCOc2ccccc2)c2ccccc21. The number of amides is 1. The summed E-state index contributed by atoms with van der Waals surface area (Å²) in [6.07, 6.45) is 2.64. The highest BCUT2D eigenvalue weighted by molar-refractivity contribution is 6.10. The molecule has 2 heterocycles. The summed E-state index contributed by atoms with van der Waals surface area (Å²) < 4.78 is 16.4. The Balaban J connectivity index is 1.29. The Morgan fingerprint density at radius 1 is 1.03 bits per heavy atom. The fraction of sp³-hybridized carbons (Fsp3) is 0.185. The van der Waals surface area contributed by atoms with E-state index in [0.717, 1.165) is 5.56 Å². The van der Waals surface area contributed by atoms with Crippen LogP contribution in [0.3, 0.4) is 0 Å². The second kappa shape index (κ2) is 9.03. The molecule has 0 fully saturated rings. The summed E-state index contributed by atoms with van der Waals surface area (Å²) in [7, 11) is 0. The average Bonchev–Trinajstić information content (AvgIpc) is 3.40. The van der Waals surface area contributed by atoms with E-state index >= 15 is 0 Å². The maximum absolute atomic E-state index is 13.3. The highest BCUT2D eigenvalue weighted by atomic mass is 16.7. The van der Waals surface area contributed by atoms with Crippen molar-refractivity contribution < 1.29 is 28.9 Å². The number of ether oxygens (including phenoxy) is 3. The molecule has 0 saturated heterocycles. The van der Waals surface area contributed by atoms with E-state index in [1.165, 1.54) is 11.0 Å². The highest BCUT2D eigenvalue weighted by Gasteiger charge is 2.50. The first-order valence-corrected chi connectivity index (χ1v) is 11.0. The van der Waals surface area contributed by atoms with Gasteiger partial charge in [-0.15, -0.1) is 0 Å². The summed E-state index contributed by atoms with van der Waals surface area (Å²) in [5.74, 6) is 1.06. The molecule has 0 radical (unpaired) electrons. The molecule has 7 nitrogen and oxygen atoms in total. The second-order valence-corrected chi connectivity index (χ2v) is 8.08. The molecule has 2 aliphatic heterocycles. The van der Waals surface area contributed by atoms with Crippen molar-refractivity contribution in [2.75, 3.05) is 24.8 Å². The van der Waals surface area contributed by atoms with Crippen molar-refractivity contribution in [2.45, 2.75) is 12.0 Å². The van der Waals surface area contributed by atoms with E-state index in [1.54, 1.807) is 48.5 Å². The predicted octanol–water partition coefficient (Wildman–Crippen LogP) is 3.70. The number of carbonyl (C=O) groups excluding carboxylic acids is 2. The van der Waals surface area contributed by atoms with Crippen LogP contribution in [-0.2, 0) is 15.2 Å². The van der Waals surface area contributed by atoms with E-state index in [9.17, 15) is 14.7 Å². The molecule has 1 N–H and O–H groups in total. The van der Waals surface area contributed by atoms with Crippen molar-refractivity contribution in [1.82, 2.24) is 0 Å². The van der Waals surface area contributed by atoms with Crippen molar-refractivity contribution in [2.24, 2.45) is 0 Å². The Morgan fingerprint density at radius 3 is 2.65 bits per heavy atom. The van der Waals surface area contributed by atoms with Gasteiger partial charge in [0, 0.05) is 5.56 Å². The van der Waals surface area contributed by atoms with E-state index in [2.05, 4.69) is 0 Å². The largest absolute Gasteiger partial charge is 0.492 e. The summed E-state index contributed by atoms with van der Waals surface area (Å²) in [5.41, 5.74) is -0.175. The Kier molecular flexibility index (Phi) is 5.77. The molecule has 0 aliphatic carbocycles. The Hall–Kier alpha value is -4.10. The summed E-state index contributed by atoms with van der Waals surface area (Å²) in [5, 5.41) is 11.4. The number of allylic oxidation sites excluding steroid dienone is 1. The smallest absolute Gasteiger partial charge is 0.264 e. The highest BCUT2D eigenvalue weighted by Crippen LogP contribution is 2.42. The fourth-order valence-electron chi connectivity index (χ4n) is 4.19. The number of fused-ring (bicyclic) bond motifs is 2. The third kappa shape index (κ3) is 4.13. The number of nitrogens with zero attached hydrogens (tertiary/aromatic N) is 1. The standard InChI is InChI=1S/C27H23NO6/c29-20(12-10-19-11-13-24-25(16-19)34-18-33-24)17-27(31)22-8-4-5-9-23(22)28(26(27)30)14-15-32-21-6-2-1-3-7-21/h1-13,16,31H,14-15,17-18H2/b12-10+. The third-order valence-corrected chi connectivity index (χ3v) is 5.85.